The van der Waals surface area contributed by atoms with Gasteiger partial charge in [0, 0.05) is 12.3 Å². The summed E-state index contributed by atoms with van der Waals surface area (Å²) in [4.78, 5) is 14.4. The van der Waals surface area contributed by atoms with Gasteiger partial charge in [-0.2, -0.15) is 0 Å². The number of hydrogen-bond donors (Lipinski definition) is 1. The molecule has 1 aromatic rings. The van der Waals surface area contributed by atoms with Crippen LogP contribution in [0.5, 0.6) is 0 Å². The Kier molecular flexibility index (Phi) is 2.88. The monoisotopic (exact) mass is 252 g/mol. The van der Waals surface area contributed by atoms with Crippen molar-refractivity contribution in [1.29, 1.82) is 0 Å². The molecule has 3 heterocycles. The number of nitrogens with one attached hydrogen (secondary N) is 1. The number of hydrogen-bond acceptors (Lipinski definition) is 4. The van der Waals surface area contributed by atoms with Crippen LogP contribution in [0.2, 0.25) is 0 Å². The third kappa shape index (κ3) is 1.87. The van der Waals surface area contributed by atoms with E-state index in [-0.39, 0.29) is 10.8 Å². The summed E-state index contributed by atoms with van der Waals surface area (Å²) in [5.74, 6) is 1.54. The Bertz CT molecular complexity index is 399. The maximum Gasteiger partial charge on any atom is 0.290 e. The molecule has 0 aromatic carbocycles. The lowest BCUT2D eigenvalue weighted by Crippen LogP contribution is -2.51. The average molecular weight is 252 g/mol. The molecule has 0 bridgehead atoms. The van der Waals surface area contributed by atoms with Gasteiger partial charge in [0.25, 0.3) is 5.91 Å². The molecular formula is C12H16N2O2S. The first-order valence-electron chi connectivity index (χ1n) is 6.02. The van der Waals surface area contributed by atoms with E-state index in [1.807, 2.05) is 16.7 Å². The first-order chi connectivity index (χ1) is 8.32. The van der Waals surface area contributed by atoms with Gasteiger partial charge in [0.15, 0.2) is 5.76 Å². The summed E-state index contributed by atoms with van der Waals surface area (Å²) in [6.45, 7) is 2.83. The molecule has 1 N–H and O–H groups in total. The van der Waals surface area contributed by atoms with Crippen molar-refractivity contribution in [2.45, 2.75) is 17.7 Å². The fourth-order valence-electron chi connectivity index (χ4n) is 2.66. The second kappa shape index (κ2) is 4.38. The maximum atomic E-state index is 12.4. The predicted octanol–water partition coefficient (Wildman–Crippen LogP) is 1.55. The molecule has 3 rings (SSSR count). The lowest BCUT2D eigenvalue weighted by atomic mass is 10.0. The third-order valence-corrected chi connectivity index (χ3v) is 5.09. The van der Waals surface area contributed by atoms with Crippen LogP contribution < -0.4 is 5.32 Å². The van der Waals surface area contributed by atoms with Gasteiger partial charge in [-0.3, -0.25) is 4.79 Å². The van der Waals surface area contributed by atoms with Gasteiger partial charge in [-0.15, -0.1) is 11.8 Å². The van der Waals surface area contributed by atoms with Gasteiger partial charge in [0.2, 0.25) is 0 Å². The normalized spacial score (nSPS) is 23.2. The van der Waals surface area contributed by atoms with E-state index < -0.39 is 0 Å². The van der Waals surface area contributed by atoms with Crippen molar-refractivity contribution in [3.63, 3.8) is 0 Å². The average Bonchev–Trinajstić information content (AvgIpc) is 2.99. The van der Waals surface area contributed by atoms with Gasteiger partial charge >= 0.3 is 0 Å². The Balaban J connectivity index is 1.84. The molecule has 0 radical (unpaired) electrons. The summed E-state index contributed by atoms with van der Waals surface area (Å²) < 4.78 is 5.23. The molecule has 17 heavy (non-hydrogen) atoms. The number of nitrogens with zero attached hydrogens (tertiary/aromatic N) is 1. The second-order valence-electron chi connectivity index (χ2n) is 4.48. The van der Waals surface area contributed by atoms with Crippen molar-refractivity contribution in [1.82, 2.24) is 10.2 Å². The molecular weight excluding hydrogens is 236 g/mol. The van der Waals surface area contributed by atoms with Crippen molar-refractivity contribution in [2.24, 2.45) is 0 Å². The summed E-state index contributed by atoms with van der Waals surface area (Å²) in [6, 6.07) is 3.52. The molecule has 92 valence electrons. The van der Waals surface area contributed by atoms with Gasteiger partial charge in [0.1, 0.15) is 0 Å². The van der Waals surface area contributed by atoms with E-state index in [1.54, 1.807) is 18.4 Å². The van der Waals surface area contributed by atoms with E-state index in [4.69, 9.17) is 4.42 Å². The minimum Gasteiger partial charge on any atom is -0.459 e. The highest BCUT2D eigenvalue weighted by Crippen LogP contribution is 2.43. The zero-order chi connectivity index (χ0) is 11.7. The number of carbonyl (C=O) groups is 1. The molecule has 1 aromatic heterocycles. The van der Waals surface area contributed by atoms with Gasteiger partial charge in [-0.1, -0.05) is 0 Å². The Labute approximate surface area is 105 Å². The highest BCUT2D eigenvalue weighted by Gasteiger charge is 2.45. The van der Waals surface area contributed by atoms with E-state index >= 15 is 0 Å². The summed E-state index contributed by atoms with van der Waals surface area (Å²) in [6.07, 6.45) is 3.62. The van der Waals surface area contributed by atoms with E-state index in [1.165, 1.54) is 0 Å². The standard InChI is InChI=1S/C12H16N2O2S/c15-11(10-2-1-8-16-10)14-7-9-17-12(14)3-5-13-6-4-12/h1-2,8,13H,3-7,9H2. The van der Waals surface area contributed by atoms with Crippen LogP contribution in [0.15, 0.2) is 22.8 Å². The third-order valence-electron chi connectivity index (χ3n) is 3.54. The van der Waals surface area contributed by atoms with Gasteiger partial charge < -0.3 is 14.6 Å². The van der Waals surface area contributed by atoms with Crippen molar-refractivity contribution in [3.8, 4) is 0 Å². The molecule has 5 heteroatoms. The predicted molar refractivity (Wildman–Crippen MR) is 67.0 cm³/mol. The number of carbonyl (C=O) groups excluding carboxylic acids is 1. The lowest BCUT2D eigenvalue weighted by Gasteiger charge is -2.40. The van der Waals surface area contributed by atoms with Crippen LogP contribution in [0.3, 0.4) is 0 Å². The summed E-state index contributed by atoms with van der Waals surface area (Å²) in [5.41, 5.74) is 0. The van der Waals surface area contributed by atoms with Crippen molar-refractivity contribution in [3.05, 3.63) is 24.2 Å². The Hall–Kier alpha value is -0.940. The topological polar surface area (TPSA) is 45.5 Å². The Morgan fingerprint density at radius 1 is 1.47 bits per heavy atom. The van der Waals surface area contributed by atoms with E-state index in [2.05, 4.69) is 5.32 Å². The zero-order valence-electron chi connectivity index (χ0n) is 9.65. The van der Waals surface area contributed by atoms with Crippen molar-refractivity contribution >= 4 is 17.7 Å². The molecule has 1 amide bonds. The summed E-state index contributed by atoms with van der Waals surface area (Å²) in [5, 5.41) is 3.36. The summed E-state index contributed by atoms with van der Waals surface area (Å²) >= 11 is 1.92. The highest BCUT2D eigenvalue weighted by molar-refractivity contribution is 8.00. The SMILES string of the molecule is O=C(c1ccco1)N1CCSC12CCNCC2. The van der Waals surface area contributed by atoms with Crippen LogP contribution >= 0.6 is 11.8 Å². The van der Waals surface area contributed by atoms with Gasteiger partial charge in [0.05, 0.1) is 11.1 Å². The molecule has 1 spiro atoms. The molecule has 2 aliphatic heterocycles. The van der Waals surface area contributed by atoms with Crippen LogP contribution in [0.4, 0.5) is 0 Å². The fourth-order valence-corrected chi connectivity index (χ4v) is 4.14. The van der Waals surface area contributed by atoms with Crippen molar-refractivity contribution < 1.29 is 9.21 Å². The minimum absolute atomic E-state index is 0.00905. The van der Waals surface area contributed by atoms with E-state index in [0.29, 0.717) is 5.76 Å². The van der Waals surface area contributed by atoms with Gasteiger partial charge in [-0.25, -0.2) is 0 Å². The quantitative estimate of drug-likeness (QED) is 0.823. The molecule has 0 aliphatic carbocycles. The second-order valence-corrected chi connectivity index (χ2v) is 5.94. The highest BCUT2D eigenvalue weighted by atomic mass is 32.2. The Morgan fingerprint density at radius 2 is 2.29 bits per heavy atom. The van der Waals surface area contributed by atoms with E-state index in [9.17, 15) is 4.79 Å². The molecule has 0 saturated carbocycles. The van der Waals surface area contributed by atoms with Crippen LogP contribution in [0.1, 0.15) is 23.4 Å². The minimum atomic E-state index is 0.00905. The number of furan rings is 1. The van der Waals surface area contributed by atoms with Crippen LogP contribution in [-0.2, 0) is 0 Å². The van der Waals surface area contributed by atoms with Crippen LogP contribution in [0, 0.1) is 0 Å². The van der Waals surface area contributed by atoms with Gasteiger partial charge in [-0.05, 0) is 38.1 Å². The number of thioether (sulfide) groups is 1. The fraction of sp³-hybridized carbons (Fsp3) is 0.583. The molecule has 2 aliphatic rings. The maximum absolute atomic E-state index is 12.4. The molecule has 2 saturated heterocycles. The molecule has 2 fully saturated rings. The molecule has 0 atom stereocenters. The van der Waals surface area contributed by atoms with Crippen LogP contribution in [0.25, 0.3) is 0 Å². The smallest absolute Gasteiger partial charge is 0.290 e. The zero-order valence-corrected chi connectivity index (χ0v) is 10.5. The molecule has 0 unspecified atom stereocenters. The Morgan fingerprint density at radius 3 is 3.00 bits per heavy atom. The lowest BCUT2D eigenvalue weighted by molar-refractivity contribution is 0.0602. The number of rotatable bonds is 1. The van der Waals surface area contributed by atoms with E-state index in [0.717, 1.165) is 38.2 Å². The number of piperidine rings is 1. The first-order valence-corrected chi connectivity index (χ1v) is 7.01. The van der Waals surface area contributed by atoms with Crippen LogP contribution in [-0.4, -0.2) is 41.1 Å². The largest absolute Gasteiger partial charge is 0.459 e. The summed E-state index contributed by atoms with van der Waals surface area (Å²) in [7, 11) is 0. The number of amides is 1. The first kappa shape index (κ1) is 11.2. The molecule has 4 nitrogen and oxygen atoms in total. The van der Waals surface area contributed by atoms with Crippen molar-refractivity contribution in [2.75, 3.05) is 25.4 Å².